The topological polar surface area (TPSA) is 108 Å². The summed E-state index contributed by atoms with van der Waals surface area (Å²) < 4.78 is 5.66. The summed E-state index contributed by atoms with van der Waals surface area (Å²) in [5.74, 6) is 0.960. The number of nitrogens with zero attached hydrogens (tertiary/aromatic N) is 5. The van der Waals surface area contributed by atoms with Crippen LogP contribution >= 0.6 is 0 Å². The lowest BCUT2D eigenvalue weighted by Gasteiger charge is -2.35. The van der Waals surface area contributed by atoms with Gasteiger partial charge in [0.1, 0.15) is 23.2 Å². The minimum Gasteiger partial charge on any atom is -0.492 e. The number of rotatable bonds is 9. The van der Waals surface area contributed by atoms with Crippen molar-refractivity contribution >= 4 is 11.7 Å². The molecule has 0 fully saturated rings. The number of carbonyl (C=O) groups is 1. The first-order chi connectivity index (χ1) is 18.3. The van der Waals surface area contributed by atoms with Crippen LogP contribution in [0.2, 0.25) is 0 Å². The Kier molecular flexibility index (Phi) is 8.28. The fourth-order valence-corrected chi connectivity index (χ4v) is 4.98. The molecule has 38 heavy (non-hydrogen) atoms. The van der Waals surface area contributed by atoms with Crippen LogP contribution in [0.15, 0.2) is 36.5 Å². The number of aryl methyl sites for hydroxylation is 1. The Labute approximate surface area is 225 Å². The molecule has 0 radical (unpaired) electrons. The largest absolute Gasteiger partial charge is 0.492 e. The predicted molar refractivity (Wildman–Crippen MR) is 149 cm³/mol. The molecule has 0 saturated carbocycles. The van der Waals surface area contributed by atoms with E-state index in [1.807, 2.05) is 37.8 Å². The van der Waals surface area contributed by atoms with E-state index in [4.69, 9.17) is 10.5 Å². The van der Waals surface area contributed by atoms with Crippen LogP contribution in [0.5, 0.6) is 5.75 Å². The standard InChI is InChI=1S/C30H36N6O2/c1-6-35(5)12-10-21-14-25(23-8-9-29(32)34-19(23)3)24-11-13-36(30(37)26(24)15-21)20(4)27-16-28(38-7-2)22(17-31)18-33-27/h8-9,14-16,18,20H,6-7,10-13H2,1-5H3,(H2,32,34). The predicted octanol–water partition coefficient (Wildman–Crippen LogP) is 4.56. The summed E-state index contributed by atoms with van der Waals surface area (Å²) in [6.45, 7) is 10.8. The van der Waals surface area contributed by atoms with E-state index in [1.165, 1.54) is 6.20 Å². The maximum absolute atomic E-state index is 14.0. The summed E-state index contributed by atoms with van der Waals surface area (Å²) in [5, 5.41) is 9.40. The van der Waals surface area contributed by atoms with Crippen LogP contribution in [0.1, 0.15) is 65.2 Å². The number of nitriles is 1. The molecule has 1 aromatic carbocycles. The highest BCUT2D eigenvalue weighted by Gasteiger charge is 2.32. The molecule has 4 rings (SSSR count). The van der Waals surface area contributed by atoms with Gasteiger partial charge in [-0.05, 0) is 82.1 Å². The number of fused-ring (bicyclic) bond motifs is 1. The van der Waals surface area contributed by atoms with Crippen LogP contribution in [-0.4, -0.2) is 59.0 Å². The SMILES string of the molecule is CCOc1cc(C(C)N2CCc3c(cc(CCN(C)CC)cc3-c3ccc(N)nc3C)C2=O)ncc1C#N. The van der Waals surface area contributed by atoms with E-state index in [9.17, 15) is 10.1 Å². The van der Waals surface area contributed by atoms with Crippen molar-refractivity contribution in [3.05, 3.63) is 70.2 Å². The van der Waals surface area contributed by atoms with Crippen molar-refractivity contribution in [3.8, 4) is 22.9 Å². The molecular weight excluding hydrogens is 476 g/mol. The zero-order valence-corrected chi connectivity index (χ0v) is 22.9. The Balaban J connectivity index is 1.74. The molecule has 0 spiro atoms. The van der Waals surface area contributed by atoms with Gasteiger partial charge in [0, 0.05) is 42.2 Å². The maximum Gasteiger partial charge on any atom is 0.254 e. The van der Waals surface area contributed by atoms with Crippen molar-refractivity contribution in [2.75, 3.05) is 39.0 Å². The number of nitrogens with two attached hydrogens (primary N) is 1. The fourth-order valence-electron chi connectivity index (χ4n) is 4.98. The van der Waals surface area contributed by atoms with Crippen LogP contribution in [0.4, 0.5) is 5.82 Å². The molecule has 1 amide bonds. The lowest BCUT2D eigenvalue weighted by molar-refractivity contribution is 0.0669. The Morgan fingerprint density at radius 2 is 1.97 bits per heavy atom. The molecule has 1 aliphatic heterocycles. The number of benzene rings is 1. The third-order valence-corrected chi connectivity index (χ3v) is 7.33. The summed E-state index contributed by atoms with van der Waals surface area (Å²) in [7, 11) is 2.10. The molecule has 8 nitrogen and oxygen atoms in total. The van der Waals surface area contributed by atoms with E-state index in [0.29, 0.717) is 42.4 Å². The zero-order valence-electron chi connectivity index (χ0n) is 22.9. The summed E-state index contributed by atoms with van der Waals surface area (Å²) in [4.78, 5) is 27.1. The lowest BCUT2D eigenvalue weighted by atomic mass is 9.86. The minimum atomic E-state index is -0.277. The first-order valence-electron chi connectivity index (χ1n) is 13.2. The molecule has 3 heterocycles. The summed E-state index contributed by atoms with van der Waals surface area (Å²) in [6.07, 6.45) is 3.08. The average Bonchev–Trinajstić information content (AvgIpc) is 2.91. The quantitative estimate of drug-likeness (QED) is 0.448. The van der Waals surface area contributed by atoms with E-state index in [0.717, 1.165) is 53.0 Å². The first-order valence-corrected chi connectivity index (χ1v) is 13.2. The molecule has 2 N–H and O–H groups in total. The highest BCUT2D eigenvalue weighted by Crippen LogP contribution is 2.36. The van der Waals surface area contributed by atoms with Crippen molar-refractivity contribution < 1.29 is 9.53 Å². The van der Waals surface area contributed by atoms with E-state index in [1.54, 1.807) is 6.07 Å². The number of amides is 1. The number of ether oxygens (including phenoxy) is 1. The third kappa shape index (κ3) is 5.48. The van der Waals surface area contributed by atoms with Gasteiger partial charge in [-0.3, -0.25) is 9.78 Å². The second kappa shape index (κ2) is 11.6. The number of nitrogen functional groups attached to an aromatic ring is 1. The van der Waals surface area contributed by atoms with Crippen LogP contribution in [0, 0.1) is 18.3 Å². The van der Waals surface area contributed by atoms with Gasteiger partial charge in [0.25, 0.3) is 5.91 Å². The monoisotopic (exact) mass is 512 g/mol. The molecule has 0 aliphatic carbocycles. The number of anilines is 1. The Bertz CT molecular complexity index is 1380. The van der Waals surface area contributed by atoms with Gasteiger partial charge in [0.15, 0.2) is 0 Å². The normalized spacial score (nSPS) is 13.8. The van der Waals surface area contributed by atoms with Gasteiger partial charge in [0.2, 0.25) is 0 Å². The lowest BCUT2D eigenvalue weighted by Crippen LogP contribution is -2.40. The number of aromatic nitrogens is 2. The number of hydrogen-bond donors (Lipinski definition) is 1. The smallest absolute Gasteiger partial charge is 0.254 e. The molecule has 1 aliphatic rings. The number of pyridine rings is 2. The highest BCUT2D eigenvalue weighted by molar-refractivity contribution is 5.99. The van der Waals surface area contributed by atoms with E-state index >= 15 is 0 Å². The number of hydrogen-bond acceptors (Lipinski definition) is 7. The second-order valence-electron chi connectivity index (χ2n) is 9.76. The van der Waals surface area contributed by atoms with Gasteiger partial charge in [-0.25, -0.2) is 4.98 Å². The van der Waals surface area contributed by atoms with Gasteiger partial charge in [-0.1, -0.05) is 13.0 Å². The average molecular weight is 513 g/mol. The summed E-state index contributed by atoms with van der Waals surface area (Å²) in [5.41, 5.74) is 12.8. The Morgan fingerprint density at radius 1 is 1.21 bits per heavy atom. The molecule has 2 aromatic heterocycles. The van der Waals surface area contributed by atoms with Crippen LogP contribution < -0.4 is 10.5 Å². The zero-order chi connectivity index (χ0) is 27.4. The molecule has 1 atom stereocenters. The molecular formula is C30H36N6O2. The Hall–Kier alpha value is -3.96. The van der Waals surface area contributed by atoms with Crippen molar-refractivity contribution in [1.82, 2.24) is 19.8 Å². The first kappa shape index (κ1) is 27.1. The van der Waals surface area contributed by atoms with Gasteiger partial charge in [-0.15, -0.1) is 0 Å². The van der Waals surface area contributed by atoms with Gasteiger partial charge in [-0.2, -0.15) is 5.26 Å². The van der Waals surface area contributed by atoms with Crippen LogP contribution in [-0.2, 0) is 12.8 Å². The fraction of sp³-hybridized carbons (Fsp3) is 0.400. The van der Waals surface area contributed by atoms with Crippen molar-refractivity contribution in [2.24, 2.45) is 0 Å². The van der Waals surface area contributed by atoms with Crippen LogP contribution in [0.3, 0.4) is 0 Å². The number of likely N-dealkylation sites (N-methyl/N-ethyl adjacent to an activating group) is 1. The maximum atomic E-state index is 14.0. The van der Waals surface area contributed by atoms with Gasteiger partial charge >= 0.3 is 0 Å². The molecule has 1 unspecified atom stereocenters. The van der Waals surface area contributed by atoms with E-state index in [2.05, 4.69) is 47.0 Å². The molecule has 3 aromatic rings. The van der Waals surface area contributed by atoms with Crippen molar-refractivity contribution in [1.29, 1.82) is 5.26 Å². The molecule has 198 valence electrons. The summed E-state index contributed by atoms with van der Waals surface area (Å²) >= 11 is 0. The molecule has 0 bridgehead atoms. The van der Waals surface area contributed by atoms with Crippen molar-refractivity contribution in [2.45, 2.75) is 46.6 Å². The third-order valence-electron chi connectivity index (χ3n) is 7.33. The second-order valence-corrected chi connectivity index (χ2v) is 9.76. The van der Waals surface area contributed by atoms with Crippen LogP contribution in [0.25, 0.3) is 11.1 Å². The highest BCUT2D eigenvalue weighted by atomic mass is 16.5. The Morgan fingerprint density at radius 3 is 2.66 bits per heavy atom. The number of carbonyl (C=O) groups excluding carboxylic acids is 1. The van der Waals surface area contributed by atoms with Gasteiger partial charge < -0.3 is 20.3 Å². The minimum absolute atomic E-state index is 0.0177. The van der Waals surface area contributed by atoms with E-state index < -0.39 is 0 Å². The summed E-state index contributed by atoms with van der Waals surface area (Å²) in [6, 6.07) is 11.7. The van der Waals surface area contributed by atoms with Gasteiger partial charge in [0.05, 0.1) is 18.3 Å². The van der Waals surface area contributed by atoms with E-state index in [-0.39, 0.29) is 11.9 Å². The molecule has 0 saturated heterocycles. The molecule has 8 heteroatoms. The van der Waals surface area contributed by atoms with Crippen molar-refractivity contribution in [3.63, 3.8) is 0 Å².